The number of carbonyl (C=O) groups is 2. The van der Waals surface area contributed by atoms with Crippen LogP contribution in [0, 0.1) is 5.92 Å². The zero-order valence-corrected chi connectivity index (χ0v) is 8.38. The molecule has 0 aromatic rings. The fourth-order valence-corrected chi connectivity index (χ4v) is 2.00. The Balaban J connectivity index is 2.59. The molecule has 2 amide bonds. The van der Waals surface area contributed by atoms with E-state index in [4.69, 9.17) is 5.84 Å². The van der Waals surface area contributed by atoms with Gasteiger partial charge in [0.2, 0.25) is 5.91 Å². The number of nitrogens with two attached hydrogens (primary N) is 1. The highest BCUT2D eigenvalue weighted by Crippen LogP contribution is 2.27. The third-order valence-corrected chi connectivity index (χ3v) is 2.65. The molecule has 0 saturated heterocycles. The zero-order valence-electron chi connectivity index (χ0n) is 8.38. The van der Waals surface area contributed by atoms with Crippen LogP contribution in [-0.4, -0.2) is 17.9 Å². The predicted molar refractivity (Wildman–Crippen MR) is 51.9 cm³/mol. The fourth-order valence-electron chi connectivity index (χ4n) is 2.00. The van der Waals surface area contributed by atoms with Gasteiger partial charge >= 0.3 is 0 Å². The van der Waals surface area contributed by atoms with Crippen LogP contribution in [0.1, 0.15) is 32.6 Å². The van der Waals surface area contributed by atoms with Gasteiger partial charge in [-0.2, -0.15) is 0 Å². The average molecular weight is 199 g/mol. The molecule has 5 heteroatoms. The average Bonchev–Trinajstić information content (AvgIpc) is 2.65. The first-order chi connectivity index (χ1) is 6.65. The van der Waals surface area contributed by atoms with Crippen molar-refractivity contribution in [2.45, 2.75) is 38.6 Å². The second kappa shape index (κ2) is 4.95. The lowest BCUT2D eigenvalue weighted by molar-refractivity contribution is -0.129. The largest absolute Gasteiger partial charge is 0.344 e. The molecule has 0 bridgehead atoms. The van der Waals surface area contributed by atoms with Crippen molar-refractivity contribution in [3.8, 4) is 0 Å². The van der Waals surface area contributed by atoms with E-state index in [0.29, 0.717) is 0 Å². The van der Waals surface area contributed by atoms with Crippen LogP contribution in [0.5, 0.6) is 0 Å². The second-order valence-corrected chi connectivity index (χ2v) is 3.73. The van der Waals surface area contributed by atoms with Gasteiger partial charge in [0, 0.05) is 6.92 Å². The maximum Gasteiger partial charge on any atom is 0.256 e. The molecule has 1 fully saturated rings. The molecule has 80 valence electrons. The third-order valence-electron chi connectivity index (χ3n) is 2.65. The number of rotatable bonds is 3. The van der Waals surface area contributed by atoms with Crippen molar-refractivity contribution in [2.75, 3.05) is 0 Å². The van der Waals surface area contributed by atoms with Gasteiger partial charge < -0.3 is 5.32 Å². The van der Waals surface area contributed by atoms with Crippen molar-refractivity contribution < 1.29 is 9.59 Å². The summed E-state index contributed by atoms with van der Waals surface area (Å²) in [6.45, 7) is 1.41. The summed E-state index contributed by atoms with van der Waals surface area (Å²) in [6, 6.07) is -0.458. The van der Waals surface area contributed by atoms with E-state index in [-0.39, 0.29) is 17.7 Å². The standard InChI is InChI=1S/C9H17N3O2/c1-6(13)11-8(9(14)12-10)7-4-2-3-5-7/h7-8H,2-5,10H2,1H3,(H,11,13)(H,12,14)/t8-/m0/s1. The van der Waals surface area contributed by atoms with Crippen LogP contribution in [0.3, 0.4) is 0 Å². The first-order valence-electron chi connectivity index (χ1n) is 4.92. The minimum atomic E-state index is -0.458. The molecule has 0 aromatic carbocycles. The van der Waals surface area contributed by atoms with Gasteiger partial charge in [-0.25, -0.2) is 5.84 Å². The summed E-state index contributed by atoms with van der Waals surface area (Å²) in [7, 11) is 0. The maximum atomic E-state index is 11.4. The van der Waals surface area contributed by atoms with Gasteiger partial charge in [-0.3, -0.25) is 15.0 Å². The molecule has 0 unspecified atom stereocenters. The van der Waals surface area contributed by atoms with Crippen molar-refractivity contribution in [1.29, 1.82) is 0 Å². The SMILES string of the molecule is CC(=O)N[C@H](C(=O)NN)C1CCCC1. The maximum absolute atomic E-state index is 11.4. The van der Waals surface area contributed by atoms with Crippen LogP contribution < -0.4 is 16.6 Å². The van der Waals surface area contributed by atoms with E-state index < -0.39 is 6.04 Å². The van der Waals surface area contributed by atoms with E-state index in [1.807, 2.05) is 0 Å². The lowest BCUT2D eigenvalue weighted by Gasteiger charge is -2.21. The highest BCUT2D eigenvalue weighted by Gasteiger charge is 2.30. The summed E-state index contributed by atoms with van der Waals surface area (Å²) in [5.74, 6) is 4.82. The molecule has 0 radical (unpaired) electrons. The normalized spacial score (nSPS) is 19.0. The molecular weight excluding hydrogens is 182 g/mol. The van der Waals surface area contributed by atoms with Gasteiger partial charge in [0.1, 0.15) is 6.04 Å². The van der Waals surface area contributed by atoms with Crippen molar-refractivity contribution in [1.82, 2.24) is 10.7 Å². The number of hydrogen-bond donors (Lipinski definition) is 3. The van der Waals surface area contributed by atoms with Gasteiger partial charge in [0.05, 0.1) is 0 Å². The van der Waals surface area contributed by atoms with Gasteiger partial charge in [-0.1, -0.05) is 12.8 Å². The molecule has 0 spiro atoms. The molecule has 1 aliphatic rings. The molecule has 1 atom stereocenters. The topological polar surface area (TPSA) is 84.2 Å². The molecule has 1 saturated carbocycles. The highest BCUT2D eigenvalue weighted by molar-refractivity contribution is 5.86. The van der Waals surface area contributed by atoms with Crippen LogP contribution in [0.2, 0.25) is 0 Å². The van der Waals surface area contributed by atoms with E-state index >= 15 is 0 Å². The van der Waals surface area contributed by atoms with Crippen LogP contribution in [-0.2, 0) is 9.59 Å². The number of nitrogens with one attached hydrogen (secondary N) is 2. The first-order valence-corrected chi connectivity index (χ1v) is 4.92. The summed E-state index contributed by atoms with van der Waals surface area (Å²) < 4.78 is 0. The lowest BCUT2D eigenvalue weighted by Crippen LogP contribution is -2.51. The molecule has 0 heterocycles. The fraction of sp³-hybridized carbons (Fsp3) is 0.778. The number of amides is 2. The quantitative estimate of drug-likeness (QED) is 0.330. The summed E-state index contributed by atoms with van der Waals surface area (Å²) >= 11 is 0. The molecule has 5 nitrogen and oxygen atoms in total. The van der Waals surface area contributed by atoms with Crippen LogP contribution in [0.25, 0.3) is 0 Å². The van der Waals surface area contributed by atoms with Gasteiger partial charge in [0.15, 0.2) is 0 Å². The van der Waals surface area contributed by atoms with Crippen LogP contribution in [0.4, 0.5) is 0 Å². The van der Waals surface area contributed by atoms with Gasteiger partial charge in [0.25, 0.3) is 5.91 Å². The van der Waals surface area contributed by atoms with Crippen molar-refractivity contribution in [2.24, 2.45) is 11.8 Å². The van der Waals surface area contributed by atoms with E-state index in [0.717, 1.165) is 25.7 Å². The number of hydrazine groups is 1. The van der Waals surface area contributed by atoms with Gasteiger partial charge in [-0.05, 0) is 18.8 Å². The Morgan fingerprint density at radius 2 is 1.93 bits per heavy atom. The Kier molecular flexibility index (Phi) is 3.88. The van der Waals surface area contributed by atoms with E-state index in [2.05, 4.69) is 10.7 Å². The third kappa shape index (κ3) is 2.70. The smallest absolute Gasteiger partial charge is 0.256 e. The minimum Gasteiger partial charge on any atom is -0.344 e. The Bertz CT molecular complexity index is 224. The second-order valence-electron chi connectivity index (χ2n) is 3.73. The van der Waals surface area contributed by atoms with E-state index in [1.54, 1.807) is 0 Å². The number of hydrogen-bond acceptors (Lipinski definition) is 3. The highest BCUT2D eigenvalue weighted by atomic mass is 16.2. The van der Waals surface area contributed by atoms with Gasteiger partial charge in [-0.15, -0.1) is 0 Å². The number of carbonyl (C=O) groups excluding carboxylic acids is 2. The summed E-state index contributed by atoms with van der Waals surface area (Å²) in [5, 5.41) is 2.64. The predicted octanol–water partition coefficient (Wildman–Crippen LogP) is -0.329. The molecule has 0 aliphatic heterocycles. The first kappa shape index (κ1) is 11.0. The molecule has 4 N–H and O–H groups in total. The molecular formula is C9H17N3O2. The molecule has 0 aromatic heterocycles. The van der Waals surface area contributed by atoms with Crippen molar-refractivity contribution >= 4 is 11.8 Å². The van der Waals surface area contributed by atoms with E-state index in [1.165, 1.54) is 6.92 Å². The Hall–Kier alpha value is -1.10. The Morgan fingerprint density at radius 3 is 2.36 bits per heavy atom. The van der Waals surface area contributed by atoms with Crippen molar-refractivity contribution in [3.63, 3.8) is 0 Å². The molecule has 14 heavy (non-hydrogen) atoms. The minimum absolute atomic E-state index is 0.189. The molecule has 1 rings (SSSR count). The zero-order chi connectivity index (χ0) is 10.6. The monoisotopic (exact) mass is 199 g/mol. The summed E-state index contributed by atoms with van der Waals surface area (Å²) in [6.07, 6.45) is 4.22. The molecule has 1 aliphatic carbocycles. The van der Waals surface area contributed by atoms with E-state index in [9.17, 15) is 9.59 Å². The summed E-state index contributed by atoms with van der Waals surface area (Å²) in [4.78, 5) is 22.3. The Labute approximate surface area is 83.4 Å². The lowest BCUT2D eigenvalue weighted by atomic mass is 9.97. The Morgan fingerprint density at radius 1 is 1.36 bits per heavy atom. The van der Waals surface area contributed by atoms with Crippen LogP contribution >= 0.6 is 0 Å². The van der Waals surface area contributed by atoms with Crippen LogP contribution in [0.15, 0.2) is 0 Å². The summed E-state index contributed by atoms with van der Waals surface area (Å²) in [5.41, 5.74) is 2.09. The van der Waals surface area contributed by atoms with Crippen molar-refractivity contribution in [3.05, 3.63) is 0 Å².